The van der Waals surface area contributed by atoms with Gasteiger partial charge < -0.3 is 0 Å². The minimum Gasteiger partial charge on any atom is -0.247 e. The molecular weight excluding hydrogens is 385 g/mol. The van der Waals surface area contributed by atoms with Gasteiger partial charge >= 0.3 is 12.4 Å². The first-order valence-corrected chi connectivity index (χ1v) is 8.19. The van der Waals surface area contributed by atoms with Crippen molar-refractivity contribution in [3.05, 3.63) is 70.4 Å². The lowest BCUT2D eigenvalue weighted by molar-refractivity contribution is -0.137. The fraction of sp³-hybridized carbons (Fsp3) is 0.176. The summed E-state index contributed by atoms with van der Waals surface area (Å²) in [6.07, 6.45) is -9.99. The summed E-state index contributed by atoms with van der Waals surface area (Å²) in [7, 11) is -2.77. The number of aryl methyl sites for hydroxylation is 1. The smallest absolute Gasteiger partial charge is 0.247 e. The summed E-state index contributed by atoms with van der Waals surface area (Å²) in [6, 6.07) is 7.14. The highest BCUT2D eigenvalue weighted by molar-refractivity contribution is 7.89. The van der Waals surface area contributed by atoms with Crippen LogP contribution < -0.4 is 0 Å². The molecule has 0 fully saturated rings. The molecule has 2 aromatic rings. The zero-order valence-corrected chi connectivity index (χ0v) is 13.9. The Balaban J connectivity index is 2.54. The van der Waals surface area contributed by atoms with Crippen LogP contribution in [0.5, 0.6) is 0 Å². The summed E-state index contributed by atoms with van der Waals surface area (Å²) in [5, 5.41) is -1.97. The molecule has 0 saturated heterocycles. The fourth-order valence-electron chi connectivity index (χ4n) is 2.07. The van der Waals surface area contributed by atoms with Crippen molar-refractivity contribution >= 4 is 16.4 Å². The lowest BCUT2D eigenvalue weighted by Gasteiger charge is -2.14. The quantitative estimate of drug-likeness (QED) is 0.580. The highest BCUT2D eigenvalue weighted by atomic mass is 32.2. The number of halogens is 7. The van der Waals surface area contributed by atoms with E-state index in [0.29, 0.717) is 24.3 Å². The molecule has 2 rings (SSSR count). The Morgan fingerprint density at radius 3 is 1.77 bits per heavy atom. The van der Waals surface area contributed by atoms with E-state index in [1.54, 1.807) is 6.92 Å². The average Bonchev–Trinajstić information content (AvgIpc) is 2.53. The van der Waals surface area contributed by atoms with Crippen molar-refractivity contribution in [3.63, 3.8) is 0 Å². The van der Waals surface area contributed by atoms with Crippen molar-refractivity contribution in [3.8, 4) is 0 Å². The van der Waals surface area contributed by atoms with Gasteiger partial charge in [0.05, 0.1) is 5.56 Å². The second-order valence-corrected chi connectivity index (χ2v) is 6.67. The van der Waals surface area contributed by atoms with Crippen molar-refractivity contribution in [2.75, 3.05) is 0 Å². The van der Waals surface area contributed by atoms with E-state index in [1.165, 1.54) is 24.3 Å². The molecule has 0 aromatic heterocycles. The van der Waals surface area contributed by atoms with E-state index < -0.39 is 45.0 Å². The SMILES string of the molecule is Cc1ccc(S(=O)/C(F)=C(\c2ccc(C(F)(F)F)cc2)C(F)(F)F)cc1. The molecule has 26 heavy (non-hydrogen) atoms. The summed E-state index contributed by atoms with van der Waals surface area (Å²) in [5.41, 5.74) is -3.16. The highest BCUT2D eigenvalue weighted by Crippen LogP contribution is 2.40. The van der Waals surface area contributed by atoms with Gasteiger partial charge in [0.25, 0.3) is 0 Å². The first-order chi connectivity index (χ1) is 11.9. The lowest BCUT2D eigenvalue weighted by Crippen LogP contribution is -2.14. The van der Waals surface area contributed by atoms with E-state index in [2.05, 4.69) is 0 Å². The van der Waals surface area contributed by atoms with Crippen LogP contribution in [0.3, 0.4) is 0 Å². The zero-order chi connectivity index (χ0) is 19.7. The number of rotatable bonds is 3. The maximum atomic E-state index is 14.4. The van der Waals surface area contributed by atoms with Crippen LogP contribution in [-0.4, -0.2) is 10.4 Å². The molecule has 0 heterocycles. The third-order valence-electron chi connectivity index (χ3n) is 3.38. The molecule has 0 radical (unpaired) electrons. The van der Waals surface area contributed by atoms with E-state index >= 15 is 0 Å². The Morgan fingerprint density at radius 1 is 0.846 bits per heavy atom. The third kappa shape index (κ3) is 4.51. The second kappa shape index (κ2) is 7.22. The first kappa shape index (κ1) is 20.2. The predicted octanol–water partition coefficient (Wildman–Crippen LogP) is 6.02. The van der Waals surface area contributed by atoms with Crippen molar-refractivity contribution < 1.29 is 34.9 Å². The van der Waals surface area contributed by atoms with Crippen LogP contribution in [-0.2, 0) is 17.0 Å². The van der Waals surface area contributed by atoms with Crippen LogP contribution in [0.15, 0.2) is 58.6 Å². The molecule has 1 atom stereocenters. The molecule has 0 aliphatic heterocycles. The van der Waals surface area contributed by atoms with Gasteiger partial charge in [-0.3, -0.25) is 0 Å². The molecule has 2 aromatic carbocycles. The zero-order valence-electron chi connectivity index (χ0n) is 13.1. The van der Waals surface area contributed by atoms with Gasteiger partial charge in [-0.25, -0.2) is 4.21 Å². The summed E-state index contributed by atoms with van der Waals surface area (Å²) in [5.74, 6) is 0. The maximum absolute atomic E-state index is 14.4. The minimum atomic E-state index is -5.25. The molecule has 0 aliphatic rings. The number of benzene rings is 2. The lowest BCUT2D eigenvalue weighted by atomic mass is 10.0. The summed E-state index contributed by atoms with van der Waals surface area (Å²) in [4.78, 5) is -0.193. The Morgan fingerprint density at radius 2 is 1.35 bits per heavy atom. The molecule has 0 N–H and O–H groups in total. The molecule has 1 nitrogen and oxygen atoms in total. The van der Waals surface area contributed by atoms with Crippen LogP contribution in [0.25, 0.3) is 5.57 Å². The first-order valence-electron chi connectivity index (χ1n) is 7.04. The second-order valence-electron chi connectivity index (χ2n) is 5.30. The van der Waals surface area contributed by atoms with Crippen molar-refractivity contribution in [2.45, 2.75) is 24.2 Å². The van der Waals surface area contributed by atoms with Crippen LogP contribution in [0.2, 0.25) is 0 Å². The molecule has 0 spiro atoms. The van der Waals surface area contributed by atoms with Crippen LogP contribution >= 0.6 is 0 Å². The van der Waals surface area contributed by atoms with Crippen molar-refractivity contribution in [1.29, 1.82) is 0 Å². The summed E-state index contributed by atoms with van der Waals surface area (Å²) < 4.78 is 104. The van der Waals surface area contributed by atoms with Gasteiger partial charge in [0.2, 0.25) is 5.16 Å². The average molecular weight is 396 g/mol. The fourth-order valence-corrected chi connectivity index (χ4v) is 3.08. The van der Waals surface area contributed by atoms with Gasteiger partial charge in [0, 0.05) is 4.90 Å². The van der Waals surface area contributed by atoms with Gasteiger partial charge in [-0.05, 0) is 36.8 Å². The number of alkyl halides is 6. The monoisotopic (exact) mass is 396 g/mol. The molecular formula is C17H11F7OS. The Bertz CT molecular complexity index is 831. The van der Waals surface area contributed by atoms with E-state index in [-0.39, 0.29) is 4.90 Å². The molecule has 9 heteroatoms. The Kier molecular flexibility index (Phi) is 5.60. The van der Waals surface area contributed by atoms with E-state index in [9.17, 15) is 34.9 Å². The van der Waals surface area contributed by atoms with Crippen LogP contribution in [0, 0.1) is 6.92 Å². The highest BCUT2D eigenvalue weighted by Gasteiger charge is 2.40. The van der Waals surface area contributed by atoms with Crippen LogP contribution in [0.4, 0.5) is 30.7 Å². The molecule has 0 amide bonds. The summed E-state index contributed by atoms with van der Waals surface area (Å²) >= 11 is 0. The van der Waals surface area contributed by atoms with E-state index in [4.69, 9.17) is 0 Å². The molecule has 1 unspecified atom stereocenters. The molecule has 0 saturated carbocycles. The number of hydrogen-bond donors (Lipinski definition) is 0. The number of hydrogen-bond acceptors (Lipinski definition) is 1. The van der Waals surface area contributed by atoms with E-state index in [0.717, 1.165) is 5.56 Å². The molecule has 0 bridgehead atoms. The summed E-state index contributed by atoms with van der Waals surface area (Å²) in [6.45, 7) is 1.68. The minimum absolute atomic E-state index is 0.193. The van der Waals surface area contributed by atoms with Crippen molar-refractivity contribution in [1.82, 2.24) is 0 Å². The normalized spacial score (nSPS) is 14.8. The van der Waals surface area contributed by atoms with E-state index in [1.807, 2.05) is 0 Å². The number of allylic oxidation sites excluding steroid dienone is 1. The Labute approximate surface area is 146 Å². The topological polar surface area (TPSA) is 17.1 Å². The van der Waals surface area contributed by atoms with Crippen LogP contribution in [0.1, 0.15) is 16.7 Å². The van der Waals surface area contributed by atoms with Crippen molar-refractivity contribution in [2.24, 2.45) is 0 Å². The predicted molar refractivity (Wildman–Crippen MR) is 83.1 cm³/mol. The van der Waals surface area contributed by atoms with Gasteiger partial charge in [-0.15, -0.1) is 0 Å². The van der Waals surface area contributed by atoms with Gasteiger partial charge in [0.15, 0.2) is 0 Å². The molecule has 0 aliphatic carbocycles. The van der Waals surface area contributed by atoms with Gasteiger partial charge in [-0.2, -0.15) is 30.7 Å². The third-order valence-corrected chi connectivity index (χ3v) is 4.61. The molecule has 140 valence electrons. The standard InChI is InChI=1S/C17H11F7OS/c1-10-2-8-13(9-3-10)26(25)15(18)14(17(22,23)24)11-4-6-12(7-5-11)16(19,20)21/h2-9H,1H3/b15-14+. The van der Waals surface area contributed by atoms with Gasteiger partial charge in [0.1, 0.15) is 16.4 Å². The largest absolute Gasteiger partial charge is 0.420 e. The van der Waals surface area contributed by atoms with Gasteiger partial charge in [-0.1, -0.05) is 29.8 Å². The maximum Gasteiger partial charge on any atom is 0.420 e. The Hall–Kier alpha value is -2.16.